The van der Waals surface area contributed by atoms with Gasteiger partial charge in [0.05, 0.1) is 20.3 Å². The summed E-state index contributed by atoms with van der Waals surface area (Å²) in [5, 5.41) is 30.6. The zero-order valence-electron chi connectivity index (χ0n) is 15.4. The Labute approximate surface area is 165 Å². The molecule has 0 radical (unpaired) electrons. The number of ether oxygens (including phenoxy) is 2. The van der Waals surface area contributed by atoms with Crippen molar-refractivity contribution in [3.8, 4) is 22.9 Å². The number of hydrogen-bond donors (Lipinski definition) is 2. The molecule has 0 amide bonds. The van der Waals surface area contributed by atoms with Crippen LogP contribution in [-0.4, -0.2) is 45.7 Å². The number of nitrogens with one attached hydrogen (secondary N) is 1. The number of fused-ring (bicyclic) bond motifs is 1. The van der Waals surface area contributed by atoms with Crippen LogP contribution in [0.1, 0.15) is 11.7 Å². The minimum absolute atomic E-state index is 0.269. The summed E-state index contributed by atoms with van der Waals surface area (Å²) in [5.41, 5.74) is 2.31. The maximum absolute atomic E-state index is 10.6. The number of hydrogen-bond acceptors (Lipinski definition) is 8. The van der Waals surface area contributed by atoms with Crippen LogP contribution >= 0.6 is 11.3 Å². The van der Waals surface area contributed by atoms with Gasteiger partial charge in [0.15, 0.2) is 11.5 Å². The van der Waals surface area contributed by atoms with E-state index >= 15 is 0 Å². The van der Waals surface area contributed by atoms with Crippen LogP contribution in [0.3, 0.4) is 0 Å². The molecule has 0 fully saturated rings. The average molecular weight is 397 g/mol. The van der Waals surface area contributed by atoms with Gasteiger partial charge in [0.1, 0.15) is 17.3 Å². The van der Waals surface area contributed by atoms with Crippen LogP contribution in [0.4, 0.5) is 5.82 Å². The smallest absolute Gasteiger partial charge is 0.186 e. The fourth-order valence-electron chi connectivity index (χ4n) is 2.80. The third-order valence-corrected chi connectivity index (χ3v) is 4.96. The largest absolute Gasteiger partial charge is 0.497 e. The van der Waals surface area contributed by atoms with E-state index in [2.05, 4.69) is 20.6 Å². The first kappa shape index (κ1) is 18.2. The van der Waals surface area contributed by atoms with Crippen molar-refractivity contribution >= 4 is 22.8 Å². The number of rotatable bonds is 7. The summed E-state index contributed by atoms with van der Waals surface area (Å²) in [6.07, 6.45) is -0.765. The number of methoxy groups -OCH3 is 2. The molecular weight excluding hydrogens is 378 g/mol. The maximum atomic E-state index is 10.6. The van der Waals surface area contributed by atoms with Gasteiger partial charge in [-0.15, -0.1) is 15.3 Å². The lowest BCUT2D eigenvalue weighted by Gasteiger charge is -2.15. The summed E-state index contributed by atoms with van der Waals surface area (Å²) >= 11 is 1.59. The lowest BCUT2D eigenvalue weighted by Crippen LogP contribution is -2.14. The number of nitrogens with zero attached hydrogens (tertiary/aromatic N) is 4. The van der Waals surface area contributed by atoms with Gasteiger partial charge in [-0.1, -0.05) is 0 Å². The van der Waals surface area contributed by atoms with Crippen LogP contribution in [0.2, 0.25) is 0 Å². The predicted molar refractivity (Wildman–Crippen MR) is 107 cm³/mol. The second-order valence-corrected chi connectivity index (χ2v) is 6.85. The van der Waals surface area contributed by atoms with E-state index in [1.165, 1.54) is 0 Å². The van der Waals surface area contributed by atoms with Crippen LogP contribution in [0, 0.1) is 0 Å². The van der Waals surface area contributed by atoms with Crippen molar-refractivity contribution in [1.29, 1.82) is 0 Å². The number of benzene rings is 1. The Bertz CT molecular complexity index is 1060. The highest BCUT2D eigenvalue weighted by Crippen LogP contribution is 2.27. The minimum atomic E-state index is -0.765. The highest BCUT2D eigenvalue weighted by atomic mass is 32.1. The molecule has 4 aromatic rings. The molecule has 0 bridgehead atoms. The van der Waals surface area contributed by atoms with E-state index in [1.807, 2.05) is 22.9 Å². The van der Waals surface area contributed by atoms with Crippen molar-refractivity contribution in [2.45, 2.75) is 6.10 Å². The topological polar surface area (TPSA) is 93.8 Å². The molecule has 28 heavy (non-hydrogen) atoms. The van der Waals surface area contributed by atoms with Crippen molar-refractivity contribution in [3.63, 3.8) is 0 Å². The van der Waals surface area contributed by atoms with Crippen molar-refractivity contribution < 1.29 is 14.6 Å². The SMILES string of the molecule is COc1cc(OC)cc(C(O)CNc2ccc3nnc(-c4ccsc4)n3n2)c1. The molecule has 1 atom stereocenters. The zero-order valence-corrected chi connectivity index (χ0v) is 16.2. The highest BCUT2D eigenvalue weighted by Gasteiger charge is 2.13. The second-order valence-electron chi connectivity index (χ2n) is 6.07. The molecule has 4 rings (SSSR count). The van der Waals surface area contributed by atoms with Gasteiger partial charge in [0, 0.05) is 23.6 Å². The summed E-state index contributed by atoms with van der Waals surface area (Å²) in [5.74, 6) is 2.53. The number of aromatic nitrogens is 4. The molecule has 8 nitrogen and oxygen atoms in total. The molecular formula is C19H19N5O3S. The molecule has 0 aliphatic heterocycles. The van der Waals surface area contributed by atoms with Crippen molar-refractivity contribution in [2.75, 3.05) is 26.1 Å². The van der Waals surface area contributed by atoms with Gasteiger partial charge in [0.25, 0.3) is 0 Å². The van der Waals surface area contributed by atoms with Crippen molar-refractivity contribution in [2.24, 2.45) is 0 Å². The first-order valence-electron chi connectivity index (χ1n) is 8.58. The fourth-order valence-corrected chi connectivity index (χ4v) is 3.43. The first-order valence-corrected chi connectivity index (χ1v) is 9.52. The Morgan fingerprint density at radius 3 is 2.57 bits per heavy atom. The molecule has 3 aromatic heterocycles. The minimum Gasteiger partial charge on any atom is -0.497 e. The molecule has 9 heteroatoms. The molecule has 0 aliphatic rings. The van der Waals surface area contributed by atoms with Gasteiger partial charge in [-0.05, 0) is 41.3 Å². The third-order valence-electron chi connectivity index (χ3n) is 4.28. The zero-order chi connectivity index (χ0) is 19.5. The molecule has 0 aliphatic carbocycles. The van der Waals surface area contributed by atoms with E-state index in [0.717, 1.165) is 5.56 Å². The van der Waals surface area contributed by atoms with E-state index in [9.17, 15) is 5.11 Å². The van der Waals surface area contributed by atoms with Crippen LogP contribution in [0.25, 0.3) is 17.0 Å². The monoisotopic (exact) mass is 397 g/mol. The van der Waals surface area contributed by atoms with Crippen molar-refractivity contribution in [3.05, 3.63) is 52.7 Å². The summed E-state index contributed by atoms with van der Waals surface area (Å²) in [7, 11) is 3.15. The van der Waals surface area contributed by atoms with Gasteiger partial charge in [-0.2, -0.15) is 15.9 Å². The molecule has 3 heterocycles. The van der Waals surface area contributed by atoms with Crippen LogP contribution in [-0.2, 0) is 0 Å². The molecule has 144 valence electrons. The quantitative estimate of drug-likeness (QED) is 0.495. The Morgan fingerprint density at radius 1 is 1.11 bits per heavy atom. The van der Waals surface area contributed by atoms with Gasteiger partial charge < -0.3 is 19.9 Å². The molecule has 0 spiro atoms. The van der Waals surface area contributed by atoms with Gasteiger partial charge in [-0.3, -0.25) is 0 Å². The average Bonchev–Trinajstić information content (AvgIpc) is 3.40. The maximum Gasteiger partial charge on any atom is 0.186 e. The number of aliphatic hydroxyl groups excluding tert-OH is 1. The summed E-state index contributed by atoms with van der Waals surface area (Å²) < 4.78 is 12.2. The molecule has 0 saturated heterocycles. The standard InChI is InChI=1S/C19H19N5O3S/c1-26-14-7-13(8-15(9-14)27-2)16(25)10-20-17-3-4-18-21-22-19(24(18)23-17)12-5-6-28-11-12/h3-9,11,16,25H,10H2,1-2H3,(H,20,23). The van der Waals surface area contributed by atoms with Gasteiger partial charge in [0.2, 0.25) is 0 Å². The molecule has 1 unspecified atom stereocenters. The van der Waals surface area contributed by atoms with Gasteiger partial charge >= 0.3 is 0 Å². The second kappa shape index (κ2) is 7.83. The number of thiophene rings is 1. The number of aliphatic hydroxyl groups is 1. The van der Waals surface area contributed by atoms with Crippen LogP contribution < -0.4 is 14.8 Å². The molecule has 2 N–H and O–H groups in total. The summed E-state index contributed by atoms with van der Waals surface area (Å²) in [6, 6.07) is 10.9. The highest BCUT2D eigenvalue weighted by molar-refractivity contribution is 7.08. The van der Waals surface area contributed by atoms with E-state index < -0.39 is 6.10 Å². The summed E-state index contributed by atoms with van der Waals surface area (Å²) in [4.78, 5) is 0. The Balaban J connectivity index is 1.53. The Kier molecular flexibility index (Phi) is 5.09. The van der Waals surface area contributed by atoms with Crippen LogP contribution in [0.5, 0.6) is 11.5 Å². The van der Waals surface area contributed by atoms with E-state index in [0.29, 0.717) is 34.4 Å². The van der Waals surface area contributed by atoms with Crippen molar-refractivity contribution in [1.82, 2.24) is 19.8 Å². The van der Waals surface area contributed by atoms with Crippen LogP contribution in [0.15, 0.2) is 47.2 Å². The van der Waals surface area contributed by atoms with Gasteiger partial charge in [-0.25, -0.2) is 0 Å². The number of anilines is 1. The fraction of sp³-hybridized carbons (Fsp3) is 0.211. The van der Waals surface area contributed by atoms with E-state index in [4.69, 9.17) is 9.47 Å². The first-order chi connectivity index (χ1) is 13.7. The summed E-state index contributed by atoms with van der Waals surface area (Å²) in [6.45, 7) is 0.269. The molecule has 0 saturated carbocycles. The Morgan fingerprint density at radius 2 is 1.89 bits per heavy atom. The lowest BCUT2D eigenvalue weighted by molar-refractivity contribution is 0.190. The van der Waals surface area contributed by atoms with E-state index in [-0.39, 0.29) is 6.54 Å². The normalized spacial score (nSPS) is 12.1. The lowest BCUT2D eigenvalue weighted by atomic mass is 10.1. The third kappa shape index (κ3) is 3.62. The predicted octanol–water partition coefficient (Wildman–Crippen LogP) is 3.02. The van der Waals surface area contributed by atoms with E-state index in [1.54, 1.807) is 54.3 Å². The molecule has 1 aromatic carbocycles. The Hall–Kier alpha value is -3.17.